The Balaban J connectivity index is 1.14. The Bertz CT molecular complexity index is 1960. The number of ether oxygens (including phenoxy) is 8. The topological polar surface area (TPSA) is 73.8 Å². The van der Waals surface area contributed by atoms with Gasteiger partial charge in [0.1, 0.15) is 17.8 Å². The lowest BCUT2D eigenvalue weighted by molar-refractivity contribution is -0.923. The zero-order valence-electron chi connectivity index (χ0n) is 32.0. The monoisotopic (exact) mass is 712 g/mol. The SMILES string of the molecule is COc1ccc(C[C@@H]2c3cc(OC)c(OC)c(OC)c3CC[N+]2(C)C)cc1Oc1ccc(C[C@H]2c3cc4c(c(OC)c3CC[N+]2(C)C)OCO4)cc1. The Morgan fingerprint density at radius 1 is 0.577 bits per heavy atom. The van der Waals surface area contributed by atoms with E-state index in [1.165, 1.54) is 27.8 Å². The third kappa shape index (κ3) is 6.32. The van der Waals surface area contributed by atoms with Gasteiger partial charge >= 0.3 is 0 Å². The van der Waals surface area contributed by atoms with E-state index in [-0.39, 0.29) is 18.9 Å². The third-order valence-electron chi connectivity index (χ3n) is 11.4. The first-order valence-corrected chi connectivity index (χ1v) is 17.9. The first kappa shape index (κ1) is 35.6. The summed E-state index contributed by atoms with van der Waals surface area (Å²) in [4.78, 5) is 0. The predicted octanol–water partition coefficient (Wildman–Crippen LogP) is 7.08. The summed E-state index contributed by atoms with van der Waals surface area (Å²) < 4.78 is 48.8. The van der Waals surface area contributed by atoms with Crippen molar-refractivity contribution in [3.05, 3.63) is 88.0 Å². The fraction of sp³-hybridized carbons (Fsp3) is 0.429. The molecular formula is C42H52N2O8+2. The molecule has 0 spiro atoms. The molecular weight excluding hydrogens is 660 g/mol. The van der Waals surface area contributed by atoms with E-state index in [4.69, 9.17) is 37.9 Å². The molecule has 0 aliphatic carbocycles. The summed E-state index contributed by atoms with van der Waals surface area (Å²) in [6.07, 6.45) is 3.46. The number of hydrogen-bond donors (Lipinski definition) is 0. The maximum absolute atomic E-state index is 6.54. The number of quaternary nitrogens is 2. The highest BCUT2D eigenvalue weighted by atomic mass is 16.7. The van der Waals surface area contributed by atoms with E-state index in [1.54, 1.807) is 35.5 Å². The zero-order valence-corrected chi connectivity index (χ0v) is 32.0. The normalized spacial score (nSPS) is 19.2. The van der Waals surface area contributed by atoms with Gasteiger partial charge in [-0.1, -0.05) is 18.2 Å². The van der Waals surface area contributed by atoms with Crippen LogP contribution in [0.5, 0.6) is 51.7 Å². The number of benzene rings is 4. The second-order valence-corrected chi connectivity index (χ2v) is 15.1. The molecule has 0 unspecified atom stereocenters. The summed E-state index contributed by atoms with van der Waals surface area (Å²) in [7, 11) is 17.6. The van der Waals surface area contributed by atoms with Crippen molar-refractivity contribution in [2.75, 3.05) is 83.6 Å². The summed E-state index contributed by atoms with van der Waals surface area (Å²) in [6, 6.07) is 19.3. The molecule has 0 fully saturated rings. The zero-order chi connectivity index (χ0) is 36.8. The molecule has 4 aromatic carbocycles. The van der Waals surface area contributed by atoms with Crippen molar-refractivity contribution in [2.24, 2.45) is 0 Å². The Kier molecular flexibility index (Phi) is 9.56. The first-order valence-electron chi connectivity index (χ1n) is 17.9. The minimum absolute atomic E-state index is 0.158. The van der Waals surface area contributed by atoms with Crippen molar-refractivity contribution in [2.45, 2.75) is 37.8 Å². The molecule has 0 radical (unpaired) electrons. The fourth-order valence-corrected chi connectivity index (χ4v) is 8.40. The average molecular weight is 713 g/mol. The predicted molar refractivity (Wildman–Crippen MR) is 199 cm³/mol. The van der Waals surface area contributed by atoms with Crippen LogP contribution >= 0.6 is 0 Å². The van der Waals surface area contributed by atoms with E-state index >= 15 is 0 Å². The molecule has 10 heteroatoms. The van der Waals surface area contributed by atoms with Crippen LogP contribution in [0.3, 0.4) is 0 Å². The van der Waals surface area contributed by atoms with Crippen molar-refractivity contribution < 1.29 is 46.9 Å². The molecule has 276 valence electrons. The van der Waals surface area contributed by atoms with Crippen molar-refractivity contribution in [3.63, 3.8) is 0 Å². The van der Waals surface area contributed by atoms with E-state index in [0.717, 1.165) is 82.0 Å². The van der Waals surface area contributed by atoms with E-state index in [9.17, 15) is 0 Å². The molecule has 0 saturated carbocycles. The largest absolute Gasteiger partial charge is 0.493 e. The van der Waals surface area contributed by atoms with E-state index in [2.05, 4.69) is 76.7 Å². The lowest BCUT2D eigenvalue weighted by Crippen LogP contribution is -2.48. The quantitative estimate of drug-likeness (QED) is 0.153. The average Bonchev–Trinajstić information content (AvgIpc) is 3.61. The van der Waals surface area contributed by atoms with Gasteiger partial charge in [0, 0.05) is 47.9 Å². The summed E-state index contributed by atoms with van der Waals surface area (Å²) in [5.74, 6) is 6.48. The van der Waals surface area contributed by atoms with Crippen molar-refractivity contribution in [1.82, 2.24) is 0 Å². The molecule has 2 atom stereocenters. The van der Waals surface area contributed by atoms with Crippen LogP contribution in [0.4, 0.5) is 0 Å². The highest BCUT2D eigenvalue weighted by Crippen LogP contribution is 2.51. The molecule has 4 aromatic rings. The van der Waals surface area contributed by atoms with Gasteiger partial charge in [-0.05, 0) is 47.5 Å². The minimum Gasteiger partial charge on any atom is -0.493 e. The van der Waals surface area contributed by atoms with Crippen LogP contribution < -0.4 is 37.9 Å². The standard InChI is InChI=1S/C42H52N2O8/c1-43(2)19-17-30-32(24-38-42(40(30)48-8)51-25-50-38)33(43)20-26-10-13-28(14-11-26)52-36-22-27(12-15-35(36)45-5)21-34-31-23-37(46-6)41(49-9)39(47-7)29(31)16-18-44(34,3)4/h10-15,22-24,33-34H,16-21,25H2,1-9H3/q+2/t33-,34+/m0/s1. The highest BCUT2D eigenvalue weighted by Gasteiger charge is 2.41. The smallest absolute Gasteiger partial charge is 0.231 e. The van der Waals surface area contributed by atoms with Gasteiger partial charge in [0.15, 0.2) is 34.5 Å². The Labute approximate surface area is 307 Å². The molecule has 7 rings (SSSR count). The van der Waals surface area contributed by atoms with Crippen LogP contribution in [-0.2, 0) is 25.7 Å². The summed E-state index contributed by atoms with van der Waals surface area (Å²) in [5.41, 5.74) is 7.25. The van der Waals surface area contributed by atoms with E-state index in [0.29, 0.717) is 23.0 Å². The van der Waals surface area contributed by atoms with Gasteiger partial charge in [0.2, 0.25) is 18.3 Å². The van der Waals surface area contributed by atoms with Crippen LogP contribution in [0, 0.1) is 0 Å². The molecule has 10 nitrogen and oxygen atoms in total. The van der Waals surface area contributed by atoms with Gasteiger partial charge in [-0.15, -0.1) is 0 Å². The summed E-state index contributed by atoms with van der Waals surface area (Å²) in [5, 5.41) is 0. The lowest BCUT2D eigenvalue weighted by Gasteiger charge is -2.43. The van der Waals surface area contributed by atoms with E-state index < -0.39 is 0 Å². The molecule has 0 amide bonds. The molecule has 52 heavy (non-hydrogen) atoms. The van der Waals surface area contributed by atoms with Crippen LogP contribution in [0.2, 0.25) is 0 Å². The summed E-state index contributed by atoms with van der Waals surface area (Å²) >= 11 is 0. The molecule has 3 aliphatic rings. The Morgan fingerprint density at radius 3 is 1.77 bits per heavy atom. The van der Waals surface area contributed by atoms with Crippen molar-refractivity contribution in [3.8, 4) is 51.7 Å². The Hall–Kier alpha value is -4.80. The van der Waals surface area contributed by atoms with Gasteiger partial charge in [-0.2, -0.15) is 0 Å². The summed E-state index contributed by atoms with van der Waals surface area (Å²) in [6.45, 7) is 2.19. The van der Waals surface area contributed by atoms with Crippen LogP contribution in [-0.4, -0.2) is 92.6 Å². The number of methoxy groups -OCH3 is 5. The second-order valence-electron chi connectivity index (χ2n) is 15.1. The van der Waals surface area contributed by atoms with Gasteiger partial charge in [-0.25, -0.2) is 0 Å². The molecule has 0 bridgehead atoms. The number of likely N-dealkylation sites (N-methyl/N-ethyl adjacent to an activating group) is 2. The second kappa shape index (κ2) is 14.0. The van der Waals surface area contributed by atoms with Crippen LogP contribution in [0.1, 0.15) is 45.5 Å². The van der Waals surface area contributed by atoms with Gasteiger partial charge < -0.3 is 46.9 Å². The van der Waals surface area contributed by atoms with Gasteiger partial charge in [0.05, 0.1) is 76.8 Å². The minimum atomic E-state index is 0.158. The molecule has 3 aliphatic heterocycles. The molecule has 3 heterocycles. The number of nitrogens with zero attached hydrogens (tertiary/aromatic N) is 2. The van der Waals surface area contributed by atoms with Crippen molar-refractivity contribution >= 4 is 0 Å². The van der Waals surface area contributed by atoms with Crippen LogP contribution in [0.25, 0.3) is 0 Å². The van der Waals surface area contributed by atoms with Gasteiger partial charge in [0.25, 0.3) is 0 Å². The number of fused-ring (bicyclic) bond motifs is 3. The number of rotatable bonds is 11. The van der Waals surface area contributed by atoms with Crippen LogP contribution in [0.15, 0.2) is 54.6 Å². The fourth-order valence-electron chi connectivity index (χ4n) is 8.40. The maximum Gasteiger partial charge on any atom is 0.231 e. The molecule has 0 saturated heterocycles. The van der Waals surface area contributed by atoms with E-state index in [1.807, 2.05) is 6.07 Å². The number of hydrogen-bond acceptors (Lipinski definition) is 8. The molecule has 0 aromatic heterocycles. The first-order chi connectivity index (χ1) is 25.0. The maximum atomic E-state index is 6.54. The lowest BCUT2D eigenvalue weighted by atomic mass is 9.86. The molecule has 0 N–H and O–H groups in total. The Morgan fingerprint density at radius 2 is 1.15 bits per heavy atom. The highest BCUT2D eigenvalue weighted by molar-refractivity contribution is 5.62. The van der Waals surface area contributed by atoms with Crippen molar-refractivity contribution in [1.29, 1.82) is 0 Å². The van der Waals surface area contributed by atoms with Gasteiger partial charge in [-0.3, -0.25) is 0 Å². The third-order valence-corrected chi connectivity index (χ3v) is 11.4.